The number of hydrazine groups is 1. The largest absolute Gasteiger partial charge is 0.494 e. The Labute approximate surface area is 177 Å². The fourth-order valence-corrected chi connectivity index (χ4v) is 3.09. The topological polar surface area (TPSA) is 67.4 Å². The van der Waals surface area contributed by atoms with Crippen LogP contribution in [0, 0.1) is 0 Å². The van der Waals surface area contributed by atoms with E-state index in [0.29, 0.717) is 12.2 Å². The van der Waals surface area contributed by atoms with Crippen molar-refractivity contribution < 1.29 is 14.3 Å². The second kappa shape index (κ2) is 10.8. The quantitative estimate of drug-likeness (QED) is 0.432. The standard InChI is InChI=1S/C25H26N2O3/c1-2-3-18-30-22-16-14-21(15-17-22)24(28)26-27-25(29)23(19-10-6-4-7-11-19)20-12-8-5-9-13-20/h4-17,23H,2-3,18H2,1H3,(H,26,28)(H,27,29). The summed E-state index contributed by atoms with van der Waals surface area (Å²) in [4.78, 5) is 25.4. The molecule has 0 aromatic heterocycles. The van der Waals surface area contributed by atoms with Crippen LogP contribution in [-0.2, 0) is 4.79 Å². The van der Waals surface area contributed by atoms with Crippen molar-refractivity contribution in [3.8, 4) is 5.75 Å². The molecule has 2 amide bonds. The van der Waals surface area contributed by atoms with Crippen LogP contribution < -0.4 is 15.6 Å². The molecule has 5 nitrogen and oxygen atoms in total. The van der Waals surface area contributed by atoms with Gasteiger partial charge in [0.05, 0.1) is 12.5 Å². The van der Waals surface area contributed by atoms with Crippen LogP contribution in [0.3, 0.4) is 0 Å². The van der Waals surface area contributed by atoms with Crippen LogP contribution in [0.1, 0.15) is 47.2 Å². The highest BCUT2D eigenvalue weighted by Gasteiger charge is 2.23. The molecule has 0 saturated heterocycles. The van der Waals surface area contributed by atoms with Crippen LogP contribution in [0.15, 0.2) is 84.9 Å². The Kier molecular flexibility index (Phi) is 7.61. The fourth-order valence-electron chi connectivity index (χ4n) is 3.09. The van der Waals surface area contributed by atoms with E-state index in [1.807, 2.05) is 60.7 Å². The van der Waals surface area contributed by atoms with E-state index in [0.717, 1.165) is 29.7 Å². The predicted octanol–water partition coefficient (Wildman–Crippen LogP) is 4.46. The Hall–Kier alpha value is -3.60. The molecular formula is C25H26N2O3. The van der Waals surface area contributed by atoms with Crippen LogP contribution in [-0.4, -0.2) is 18.4 Å². The minimum Gasteiger partial charge on any atom is -0.494 e. The Balaban J connectivity index is 1.64. The van der Waals surface area contributed by atoms with Crippen molar-refractivity contribution in [2.45, 2.75) is 25.7 Å². The molecule has 3 aromatic rings. The van der Waals surface area contributed by atoms with Gasteiger partial charge in [0.15, 0.2) is 0 Å². The zero-order valence-corrected chi connectivity index (χ0v) is 17.0. The molecule has 0 unspecified atom stereocenters. The average molecular weight is 402 g/mol. The number of nitrogens with one attached hydrogen (secondary N) is 2. The monoisotopic (exact) mass is 402 g/mol. The van der Waals surface area contributed by atoms with Gasteiger partial charge in [0.2, 0.25) is 5.91 Å². The molecule has 0 bridgehead atoms. The maximum Gasteiger partial charge on any atom is 0.269 e. The first-order chi connectivity index (χ1) is 14.7. The molecule has 3 aromatic carbocycles. The van der Waals surface area contributed by atoms with Gasteiger partial charge in [0.1, 0.15) is 5.75 Å². The lowest BCUT2D eigenvalue weighted by atomic mass is 9.91. The Morgan fingerprint density at radius 1 is 0.800 bits per heavy atom. The average Bonchev–Trinajstić information content (AvgIpc) is 2.80. The molecule has 0 heterocycles. The van der Waals surface area contributed by atoms with Crippen LogP contribution >= 0.6 is 0 Å². The number of benzene rings is 3. The summed E-state index contributed by atoms with van der Waals surface area (Å²) in [6.45, 7) is 2.75. The second-order valence-electron chi connectivity index (χ2n) is 6.92. The van der Waals surface area contributed by atoms with E-state index in [4.69, 9.17) is 4.74 Å². The Bertz CT molecular complexity index is 902. The molecular weight excluding hydrogens is 376 g/mol. The molecule has 0 spiro atoms. The SMILES string of the molecule is CCCCOc1ccc(C(=O)NNC(=O)C(c2ccccc2)c2ccccc2)cc1. The van der Waals surface area contributed by atoms with E-state index in [1.165, 1.54) is 0 Å². The van der Waals surface area contributed by atoms with E-state index < -0.39 is 5.92 Å². The number of unbranched alkanes of at least 4 members (excludes halogenated alkanes) is 1. The van der Waals surface area contributed by atoms with Gasteiger partial charge >= 0.3 is 0 Å². The first kappa shape index (κ1) is 21.1. The highest BCUT2D eigenvalue weighted by atomic mass is 16.5. The van der Waals surface area contributed by atoms with Crippen molar-refractivity contribution >= 4 is 11.8 Å². The summed E-state index contributed by atoms with van der Waals surface area (Å²) < 4.78 is 5.61. The third-order valence-electron chi connectivity index (χ3n) is 4.71. The van der Waals surface area contributed by atoms with Gasteiger partial charge in [-0.25, -0.2) is 0 Å². The lowest BCUT2D eigenvalue weighted by Gasteiger charge is -2.18. The number of carbonyl (C=O) groups excluding carboxylic acids is 2. The third-order valence-corrected chi connectivity index (χ3v) is 4.71. The molecule has 0 atom stereocenters. The Morgan fingerprint density at radius 3 is 1.90 bits per heavy atom. The summed E-state index contributed by atoms with van der Waals surface area (Å²) in [6, 6.07) is 25.8. The summed E-state index contributed by atoms with van der Waals surface area (Å²) in [5.41, 5.74) is 7.22. The van der Waals surface area contributed by atoms with Gasteiger partial charge in [-0.15, -0.1) is 0 Å². The molecule has 30 heavy (non-hydrogen) atoms. The fraction of sp³-hybridized carbons (Fsp3) is 0.200. The van der Waals surface area contributed by atoms with Crippen LogP contribution in [0.2, 0.25) is 0 Å². The summed E-state index contributed by atoms with van der Waals surface area (Å²) in [5, 5.41) is 0. The van der Waals surface area contributed by atoms with Gasteiger partial charge in [-0.2, -0.15) is 0 Å². The second-order valence-corrected chi connectivity index (χ2v) is 6.92. The van der Waals surface area contributed by atoms with Crippen LogP contribution in [0.4, 0.5) is 0 Å². The van der Waals surface area contributed by atoms with Crippen molar-refractivity contribution in [1.82, 2.24) is 10.9 Å². The number of hydrogen-bond acceptors (Lipinski definition) is 3. The lowest BCUT2D eigenvalue weighted by molar-refractivity contribution is -0.122. The van der Waals surface area contributed by atoms with E-state index in [2.05, 4.69) is 17.8 Å². The Morgan fingerprint density at radius 2 is 1.37 bits per heavy atom. The molecule has 0 aliphatic heterocycles. The molecule has 0 aliphatic rings. The maximum atomic E-state index is 12.9. The minimum absolute atomic E-state index is 0.305. The third kappa shape index (κ3) is 5.70. The zero-order chi connectivity index (χ0) is 21.2. The van der Waals surface area contributed by atoms with Crippen LogP contribution in [0.25, 0.3) is 0 Å². The first-order valence-electron chi connectivity index (χ1n) is 10.1. The van der Waals surface area contributed by atoms with Crippen molar-refractivity contribution in [2.24, 2.45) is 0 Å². The van der Waals surface area contributed by atoms with Gasteiger partial charge in [0, 0.05) is 5.56 Å². The van der Waals surface area contributed by atoms with E-state index >= 15 is 0 Å². The van der Waals surface area contributed by atoms with E-state index in [9.17, 15) is 9.59 Å². The van der Waals surface area contributed by atoms with Crippen molar-refractivity contribution in [3.05, 3.63) is 102 Å². The summed E-state index contributed by atoms with van der Waals surface area (Å²) in [5.74, 6) is -0.497. The molecule has 5 heteroatoms. The number of rotatable bonds is 8. The highest BCUT2D eigenvalue weighted by Crippen LogP contribution is 2.24. The number of carbonyl (C=O) groups is 2. The lowest BCUT2D eigenvalue weighted by Crippen LogP contribution is -2.44. The minimum atomic E-state index is -0.526. The van der Waals surface area contributed by atoms with Crippen molar-refractivity contribution in [3.63, 3.8) is 0 Å². The maximum absolute atomic E-state index is 12.9. The molecule has 0 saturated carbocycles. The molecule has 2 N–H and O–H groups in total. The predicted molar refractivity (Wildman–Crippen MR) is 117 cm³/mol. The van der Waals surface area contributed by atoms with E-state index in [-0.39, 0.29) is 11.8 Å². The van der Waals surface area contributed by atoms with Crippen LogP contribution in [0.5, 0.6) is 5.75 Å². The normalized spacial score (nSPS) is 10.5. The first-order valence-corrected chi connectivity index (χ1v) is 10.1. The van der Waals surface area contributed by atoms with Crippen molar-refractivity contribution in [1.29, 1.82) is 0 Å². The summed E-state index contributed by atoms with van der Waals surface area (Å²) >= 11 is 0. The number of ether oxygens (including phenoxy) is 1. The zero-order valence-electron chi connectivity index (χ0n) is 17.0. The highest BCUT2D eigenvalue weighted by molar-refractivity contribution is 5.96. The molecule has 0 radical (unpaired) electrons. The van der Waals surface area contributed by atoms with Crippen molar-refractivity contribution in [2.75, 3.05) is 6.61 Å². The number of hydrogen-bond donors (Lipinski definition) is 2. The molecule has 3 rings (SSSR count). The smallest absolute Gasteiger partial charge is 0.269 e. The molecule has 0 aliphatic carbocycles. The van der Waals surface area contributed by atoms with Gasteiger partial charge < -0.3 is 4.74 Å². The van der Waals surface area contributed by atoms with Gasteiger partial charge in [-0.05, 0) is 41.8 Å². The van der Waals surface area contributed by atoms with Gasteiger partial charge in [-0.1, -0.05) is 74.0 Å². The van der Waals surface area contributed by atoms with Gasteiger partial charge in [-0.3, -0.25) is 20.4 Å². The molecule has 0 fully saturated rings. The summed E-state index contributed by atoms with van der Waals surface area (Å²) in [6.07, 6.45) is 2.05. The number of amides is 2. The summed E-state index contributed by atoms with van der Waals surface area (Å²) in [7, 11) is 0. The van der Waals surface area contributed by atoms with E-state index in [1.54, 1.807) is 24.3 Å². The molecule has 154 valence electrons. The van der Waals surface area contributed by atoms with Gasteiger partial charge in [0.25, 0.3) is 5.91 Å².